The van der Waals surface area contributed by atoms with Crippen LogP contribution in [0, 0.1) is 0 Å². The summed E-state index contributed by atoms with van der Waals surface area (Å²) < 4.78 is 5.65. The van der Waals surface area contributed by atoms with E-state index in [4.69, 9.17) is 4.74 Å². The molecule has 1 aliphatic heterocycles. The van der Waals surface area contributed by atoms with Crippen molar-refractivity contribution in [1.82, 2.24) is 15.1 Å². The molecule has 1 unspecified atom stereocenters. The number of thiophene rings is 1. The van der Waals surface area contributed by atoms with E-state index >= 15 is 0 Å². The third-order valence-electron chi connectivity index (χ3n) is 3.56. The predicted molar refractivity (Wildman–Crippen MR) is 92.4 cm³/mol. The number of rotatable bonds is 6. The minimum atomic E-state index is -0.130. The van der Waals surface area contributed by atoms with Gasteiger partial charge in [-0.25, -0.2) is 0 Å². The van der Waals surface area contributed by atoms with Gasteiger partial charge >= 0.3 is 0 Å². The third kappa shape index (κ3) is 4.35. The first-order valence-corrected chi connectivity index (χ1v) is 9.25. The normalized spacial score (nSPS) is 17.8. The van der Waals surface area contributed by atoms with Crippen molar-refractivity contribution in [3.05, 3.63) is 26.9 Å². The minimum absolute atomic E-state index is 0.130. The smallest absolute Gasteiger partial charge is 0.267 e. The molecular formula is C15H20N4O2S2. The summed E-state index contributed by atoms with van der Waals surface area (Å²) in [5.41, 5.74) is 0. The molecule has 2 aromatic heterocycles. The maximum Gasteiger partial charge on any atom is 0.267 e. The first-order valence-electron chi connectivity index (χ1n) is 7.61. The first kappa shape index (κ1) is 16.5. The summed E-state index contributed by atoms with van der Waals surface area (Å²) >= 11 is 2.92. The van der Waals surface area contributed by atoms with Crippen LogP contribution < -0.4 is 5.32 Å². The first-order chi connectivity index (χ1) is 11.1. The molecule has 3 heterocycles. The monoisotopic (exact) mass is 352 g/mol. The highest BCUT2D eigenvalue weighted by Crippen LogP contribution is 2.33. The summed E-state index contributed by atoms with van der Waals surface area (Å²) in [7, 11) is 4.04. The second-order valence-electron chi connectivity index (χ2n) is 5.71. The number of hydrogen-bond acceptors (Lipinski definition) is 7. The zero-order chi connectivity index (χ0) is 16.2. The van der Waals surface area contributed by atoms with Gasteiger partial charge in [0.2, 0.25) is 5.13 Å². The molecule has 0 spiro atoms. The van der Waals surface area contributed by atoms with Crippen LogP contribution in [0.4, 0.5) is 5.13 Å². The molecule has 8 heteroatoms. The molecular weight excluding hydrogens is 332 g/mol. The number of carbonyl (C=O) groups is 1. The number of anilines is 1. The zero-order valence-electron chi connectivity index (χ0n) is 13.2. The van der Waals surface area contributed by atoms with Gasteiger partial charge in [0.15, 0.2) is 0 Å². The fraction of sp³-hybridized carbons (Fsp3) is 0.533. The van der Waals surface area contributed by atoms with Crippen LogP contribution in [0.2, 0.25) is 0 Å². The van der Waals surface area contributed by atoms with Gasteiger partial charge in [0, 0.05) is 24.4 Å². The highest BCUT2D eigenvalue weighted by Gasteiger charge is 2.21. The number of hydrogen-bond donors (Lipinski definition) is 1. The Morgan fingerprint density at radius 3 is 3.00 bits per heavy atom. The summed E-state index contributed by atoms with van der Waals surface area (Å²) in [5, 5.41) is 12.5. The lowest BCUT2D eigenvalue weighted by molar-refractivity contribution is 0.103. The van der Waals surface area contributed by atoms with E-state index < -0.39 is 0 Å². The third-order valence-corrected chi connectivity index (χ3v) is 5.63. The number of ether oxygens (including phenoxy) is 1. The Labute approximate surface area is 143 Å². The van der Waals surface area contributed by atoms with E-state index in [1.54, 1.807) is 0 Å². The van der Waals surface area contributed by atoms with E-state index in [1.165, 1.54) is 22.7 Å². The molecule has 6 nitrogen and oxygen atoms in total. The fourth-order valence-electron chi connectivity index (χ4n) is 2.33. The Balaban J connectivity index is 1.58. The summed E-state index contributed by atoms with van der Waals surface area (Å²) in [6.45, 7) is 1.73. The molecule has 0 radical (unpaired) electrons. The van der Waals surface area contributed by atoms with Gasteiger partial charge in [-0.2, -0.15) is 0 Å². The van der Waals surface area contributed by atoms with E-state index in [9.17, 15) is 4.79 Å². The van der Waals surface area contributed by atoms with Gasteiger partial charge < -0.3 is 9.64 Å². The molecule has 1 atom stereocenters. The maximum absolute atomic E-state index is 12.3. The van der Waals surface area contributed by atoms with E-state index in [0.29, 0.717) is 10.0 Å². The number of aromatic nitrogens is 2. The molecule has 3 rings (SSSR count). The van der Waals surface area contributed by atoms with Gasteiger partial charge in [-0.3, -0.25) is 10.1 Å². The van der Waals surface area contributed by atoms with Gasteiger partial charge in [-0.1, -0.05) is 11.3 Å². The molecule has 1 amide bonds. The average molecular weight is 352 g/mol. The van der Waals surface area contributed by atoms with Crippen molar-refractivity contribution in [3.63, 3.8) is 0 Å². The molecule has 2 aromatic rings. The summed E-state index contributed by atoms with van der Waals surface area (Å²) in [6, 6.07) is 3.84. The van der Waals surface area contributed by atoms with Gasteiger partial charge in [0.25, 0.3) is 5.91 Å². The van der Waals surface area contributed by atoms with Crippen molar-refractivity contribution in [2.24, 2.45) is 0 Å². The van der Waals surface area contributed by atoms with Crippen LogP contribution in [-0.4, -0.2) is 48.3 Å². The molecule has 1 N–H and O–H groups in total. The number of nitrogens with one attached hydrogen (secondary N) is 1. The number of amides is 1. The van der Waals surface area contributed by atoms with Gasteiger partial charge in [-0.05, 0) is 39.1 Å². The Morgan fingerprint density at radius 2 is 2.26 bits per heavy atom. The second kappa shape index (κ2) is 7.48. The molecule has 1 aliphatic rings. The average Bonchev–Trinajstić information content (AvgIpc) is 3.25. The highest BCUT2D eigenvalue weighted by molar-refractivity contribution is 7.16. The predicted octanol–water partition coefficient (Wildman–Crippen LogP) is 2.81. The minimum Gasteiger partial charge on any atom is -0.373 e. The van der Waals surface area contributed by atoms with E-state index in [1.807, 2.05) is 26.2 Å². The quantitative estimate of drug-likeness (QED) is 0.866. The van der Waals surface area contributed by atoms with Crippen LogP contribution in [0.3, 0.4) is 0 Å². The molecule has 0 saturated carbocycles. The van der Waals surface area contributed by atoms with Gasteiger partial charge in [0.05, 0.1) is 11.0 Å². The van der Waals surface area contributed by atoms with Gasteiger partial charge in [0.1, 0.15) is 5.01 Å². The van der Waals surface area contributed by atoms with Crippen LogP contribution in [-0.2, 0) is 11.2 Å². The van der Waals surface area contributed by atoms with Crippen LogP contribution in [0.1, 0.15) is 38.5 Å². The highest BCUT2D eigenvalue weighted by atomic mass is 32.1. The molecule has 0 aromatic carbocycles. The van der Waals surface area contributed by atoms with Crippen LogP contribution in [0.15, 0.2) is 12.1 Å². The summed E-state index contributed by atoms with van der Waals surface area (Å²) in [6.07, 6.45) is 3.11. The molecule has 0 bridgehead atoms. The lowest BCUT2D eigenvalue weighted by atomic mass is 10.2. The topological polar surface area (TPSA) is 67.4 Å². The lowest BCUT2D eigenvalue weighted by Gasteiger charge is -2.05. The number of carbonyl (C=O) groups excluding carboxylic acids is 1. The summed E-state index contributed by atoms with van der Waals surface area (Å²) in [5.74, 6) is -0.130. The maximum atomic E-state index is 12.3. The van der Waals surface area contributed by atoms with Crippen molar-refractivity contribution < 1.29 is 9.53 Å². The SMILES string of the molecule is CN(C)CCc1nnc(NC(=O)c2ccc(C3CCCO3)s2)s1. The largest absolute Gasteiger partial charge is 0.373 e. The van der Waals surface area contributed by atoms with Crippen molar-refractivity contribution in [2.45, 2.75) is 25.4 Å². The van der Waals surface area contributed by atoms with Gasteiger partial charge in [-0.15, -0.1) is 21.5 Å². The zero-order valence-corrected chi connectivity index (χ0v) is 14.9. The molecule has 124 valence electrons. The molecule has 1 saturated heterocycles. The lowest BCUT2D eigenvalue weighted by Crippen LogP contribution is -2.14. The molecule has 1 fully saturated rings. The second-order valence-corrected chi connectivity index (χ2v) is 7.89. The Hall–Kier alpha value is -1.35. The summed E-state index contributed by atoms with van der Waals surface area (Å²) in [4.78, 5) is 16.2. The van der Waals surface area contributed by atoms with Crippen LogP contribution >= 0.6 is 22.7 Å². The van der Waals surface area contributed by atoms with Crippen molar-refractivity contribution >= 4 is 33.7 Å². The van der Waals surface area contributed by atoms with Crippen LogP contribution in [0.25, 0.3) is 0 Å². The Morgan fingerprint density at radius 1 is 1.39 bits per heavy atom. The van der Waals surface area contributed by atoms with Crippen LogP contribution in [0.5, 0.6) is 0 Å². The van der Waals surface area contributed by atoms with Crippen molar-refractivity contribution in [3.8, 4) is 0 Å². The Kier molecular flexibility index (Phi) is 5.37. The Bertz CT molecular complexity index is 662. The number of nitrogens with zero attached hydrogens (tertiary/aromatic N) is 3. The van der Waals surface area contributed by atoms with Crippen molar-refractivity contribution in [2.75, 3.05) is 32.6 Å². The molecule has 0 aliphatic carbocycles. The number of likely N-dealkylation sites (N-methyl/N-ethyl adjacent to an activating group) is 1. The standard InChI is InChI=1S/C15H20N4O2S2/c1-19(2)8-7-13-17-18-15(23-13)16-14(20)12-6-5-11(22-12)10-4-3-9-21-10/h5-6,10H,3-4,7-9H2,1-2H3,(H,16,18,20). The molecule has 23 heavy (non-hydrogen) atoms. The van der Waals surface area contributed by atoms with E-state index in [-0.39, 0.29) is 12.0 Å². The van der Waals surface area contributed by atoms with E-state index in [2.05, 4.69) is 20.4 Å². The fourth-order valence-corrected chi connectivity index (χ4v) is 4.04. The van der Waals surface area contributed by atoms with Crippen molar-refractivity contribution in [1.29, 1.82) is 0 Å². The van der Waals surface area contributed by atoms with E-state index in [0.717, 1.165) is 42.3 Å².